The van der Waals surface area contributed by atoms with E-state index in [1.165, 1.54) is 18.2 Å². The van der Waals surface area contributed by atoms with Gasteiger partial charge in [0.05, 0.1) is 38.2 Å². The van der Waals surface area contributed by atoms with Crippen LogP contribution in [0, 0.1) is 11.6 Å². The molecule has 9 nitrogen and oxygen atoms in total. The van der Waals surface area contributed by atoms with E-state index in [2.05, 4.69) is 25.5 Å². The van der Waals surface area contributed by atoms with Crippen LogP contribution in [-0.4, -0.2) is 73.4 Å². The van der Waals surface area contributed by atoms with Gasteiger partial charge in [0.15, 0.2) is 17.4 Å². The molecule has 0 unspecified atom stereocenters. The first-order chi connectivity index (χ1) is 19.6. The summed E-state index contributed by atoms with van der Waals surface area (Å²) in [5.41, 5.74) is 1.30. The predicted octanol–water partition coefficient (Wildman–Crippen LogP) is 4.34. The Bertz CT molecular complexity index is 1360. The topological polar surface area (TPSA) is 97.8 Å². The lowest BCUT2D eigenvalue weighted by Gasteiger charge is -2.26. The van der Waals surface area contributed by atoms with Gasteiger partial charge in [-0.2, -0.15) is 0 Å². The summed E-state index contributed by atoms with van der Waals surface area (Å²) in [5, 5.41) is 6.02. The number of ether oxygens (including phenoxy) is 3. The summed E-state index contributed by atoms with van der Waals surface area (Å²) in [5.74, 6) is -0.892. The summed E-state index contributed by atoms with van der Waals surface area (Å²) in [6.07, 6.45) is 6.06. The fourth-order valence-electron chi connectivity index (χ4n) is 4.38. The zero-order valence-electron chi connectivity index (χ0n) is 22.0. The minimum atomic E-state index is -0.659. The Labute approximate surface area is 231 Å². The van der Waals surface area contributed by atoms with Crippen LogP contribution in [0.2, 0.25) is 0 Å². The van der Waals surface area contributed by atoms with Crippen molar-refractivity contribution in [3.63, 3.8) is 0 Å². The molecule has 0 radical (unpaired) electrons. The van der Waals surface area contributed by atoms with Crippen molar-refractivity contribution in [2.45, 2.75) is 12.8 Å². The number of benzene rings is 2. The number of carbonyl (C=O) groups excluding carboxylic acids is 1. The minimum Gasteiger partial charge on any atom is -0.492 e. The Kier molecular flexibility index (Phi) is 9.15. The van der Waals surface area contributed by atoms with Crippen molar-refractivity contribution in [1.82, 2.24) is 20.2 Å². The van der Waals surface area contributed by atoms with Gasteiger partial charge >= 0.3 is 0 Å². The van der Waals surface area contributed by atoms with Crippen LogP contribution in [0.5, 0.6) is 11.5 Å². The number of anilines is 2. The molecule has 1 amide bonds. The number of hydrogen-bond acceptors (Lipinski definition) is 8. The number of nitrogens with zero attached hydrogens (tertiary/aromatic N) is 3. The van der Waals surface area contributed by atoms with Gasteiger partial charge < -0.3 is 24.8 Å². The molecule has 2 N–H and O–H groups in total. The monoisotopic (exact) mass is 551 g/mol. The highest BCUT2D eigenvalue weighted by molar-refractivity contribution is 5.97. The smallest absolute Gasteiger partial charge is 0.255 e. The highest BCUT2D eigenvalue weighted by Gasteiger charge is 2.17. The van der Waals surface area contributed by atoms with Gasteiger partial charge in [-0.25, -0.2) is 18.7 Å². The summed E-state index contributed by atoms with van der Waals surface area (Å²) >= 11 is 0. The zero-order chi connectivity index (χ0) is 27.7. The Morgan fingerprint density at radius 2 is 1.73 bits per heavy atom. The molecule has 5 rings (SSSR count). The first-order valence-corrected chi connectivity index (χ1v) is 13.3. The average Bonchev–Trinajstić information content (AvgIpc) is 2.96. The Hall–Kier alpha value is -4.09. The predicted molar refractivity (Wildman–Crippen MR) is 146 cm³/mol. The van der Waals surface area contributed by atoms with Gasteiger partial charge in [-0.1, -0.05) is 12.2 Å². The number of hydrogen-bond donors (Lipinski definition) is 2. The van der Waals surface area contributed by atoms with E-state index < -0.39 is 11.6 Å². The highest BCUT2D eigenvalue weighted by atomic mass is 19.1. The van der Waals surface area contributed by atoms with Crippen molar-refractivity contribution in [3.05, 3.63) is 71.9 Å². The van der Waals surface area contributed by atoms with E-state index in [0.29, 0.717) is 61.8 Å². The maximum atomic E-state index is 14.7. The molecular weight excluding hydrogens is 520 g/mol. The highest BCUT2D eigenvalue weighted by Crippen LogP contribution is 2.30. The molecule has 3 heterocycles. The Balaban J connectivity index is 1.38. The van der Waals surface area contributed by atoms with Gasteiger partial charge in [-0.3, -0.25) is 9.69 Å². The van der Waals surface area contributed by atoms with Crippen LogP contribution in [-0.2, 0) is 4.74 Å². The molecule has 40 heavy (non-hydrogen) atoms. The third kappa shape index (κ3) is 7.10. The first-order valence-electron chi connectivity index (χ1n) is 13.3. The lowest BCUT2D eigenvalue weighted by atomic mass is 10.1. The molecule has 0 aliphatic carbocycles. The van der Waals surface area contributed by atoms with E-state index in [-0.39, 0.29) is 29.9 Å². The van der Waals surface area contributed by atoms with Crippen LogP contribution in [0.25, 0.3) is 11.3 Å². The van der Waals surface area contributed by atoms with Crippen molar-refractivity contribution in [2.24, 2.45) is 0 Å². The van der Waals surface area contributed by atoms with Crippen molar-refractivity contribution in [1.29, 1.82) is 0 Å². The molecule has 2 aromatic carbocycles. The number of halogens is 2. The molecule has 11 heteroatoms. The summed E-state index contributed by atoms with van der Waals surface area (Å²) in [6, 6.07) is 9.16. The zero-order valence-corrected chi connectivity index (χ0v) is 22.0. The lowest BCUT2D eigenvalue weighted by Crippen LogP contribution is -2.41. The molecule has 2 aliphatic rings. The van der Waals surface area contributed by atoms with Gasteiger partial charge in [0, 0.05) is 43.5 Å². The van der Waals surface area contributed by atoms with Crippen LogP contribution in [0.4, 0.5) is 20.4 Å². The van der Waals surface area contributed by atoms with E-state index in [1.54, 1.807) is 18.2 Å². The SMILES string of the molecule is O=C(NCCN1CCOCC1)c1ccc2cc1OCC/C=C/CCOc1cc(ccc1F)-c1nc(ncc1F)N2. The van der Waals surface area contributed by atoms with E-state index in [4.69, 9.17) is 14.2 Å². The van der Waals surface area contributed by atoms with Crippen LogP contribution in [0.1, 0.15) is 23.2 Å². The molecule has 210 valence electrons. The first kappa shape index (κ1) is 27.5. The molecule has 6 bridgehead atoms. The third-order valence-electron chi connectivity index (χ3n) is 6.50. The fourth-order valence-corrected chi connectivity index (χ4v) is 4.38. The molecule has 3 aromatic rings. The van der Waals surface area contributed by atoms with Crippen molar-refractivity contribution in [3.8, 4) is 22.8 Å². The number of carbonyl (C=O) groups is 1. The number of amides is 1. The van der Waals surface area contributed by atoms with Gasteiger partial charge in [-0.15, -0.1) is 0 Å². The van der Waals surface area contributed by atoms with Crippen LogP contribution >= 0.6 is 0 Å². The largest absolute Gasteiger partial charge is 0.492 e. The average molecular weight is 552 g/mol. The lowest BCUT2D eigenvalue weighted by molar-refractivity contribution is 0.0383. The van der Waals surface area contributed by atoms with E-state index in [9.17, 15) is 13.6 Å². The van der Waals surface area contributed by atoms with Crippen molar-refractivity contribution in [2.75, 3.05) is 57.9 Å². The fraction of sp³-hybridized carbons (Fsp3) is 0.345. The van der Waals surface area contributed by atoms with E-state index in [0.717, 1.165) is 25.8 Å². The summed E-state index contributed by atoms with van der Waals surface area (Å²) in [7, 11) is 0. The second-order valence-electron chi connectivity index (χ2n) is 9.33. The standard InChI is InChI=1S/C29H31F2N5O4/c30-23-8-5-20-17-26(23)40-14-4-2-1-3-13-39-25-18-21(34-29-33-19-24(31)27(20)35-29)6-7-22(25)28(37)32-9-10-36-11-15-38-16-12-36/h1-2,5-8,17-19H,3-4,9-16H2,(H,32,37)(H,33,34,35)/b2-1+. The second-order valence-corrected chi connectivity index (χ2v) is 9.33. The molecule has 1 aromatic heterocycles. The number of nitrogens with one attached hydrogen (secondary N) is 2. The van der Waals surface area contributed by atoms with E-state index in [1.807, 2.05) is 12.2 Å². The maximum absolute atomic E-state index is 14.7. The Morgan fingerprint density at radius 3 is 2.52 bits per heavy atom. The number of rotatable bonds is 4. The van der Waals surface area contributed by atoms with Gasteiger partial charge in [0.1, 0.15) is 11.4 Å². The molecule has 1 fully saturated rings. The van der Waals surface area contributed by atoms with Gasteiger partial charge in [0.25, 0.3) is 5.91 Å². The molecule has 1 saturated heterocycles. The second kappa shape index (κ2) is 13.3. The molecule has 2 aliphatic heterocycles. The summed E-state index contributed by atoms with van der Waals surface area (Å²) < 4.78 is 46.0. The van der Waals surface area contributed by atoms with Crippen LogP contribution in [0.3, 0.4) is 0 Å². The van der Waals surface area contributed by atoms with Crippen molar-refractivity contribution < 1.29 is 27.8 Å². The van der Waals surface area contributed by atoms with Gasteiger partial charge in [-0.05, 0) is 43.2 Å². The third-order valence-corrected chi connectivity index (χ3v) is 6.50. The van der Waals surface area contributed by atoms with Gasteiger partial charge in [0.2, 0.25) is 5.95 Å². The normalized spacial score (nSPS) is 16.9. The quantitative estimate of drug-likeness (QED) is 0.463. The van der Waals surface area contributed by atoms with Crippen LogP contribution in [0.15, 0.2) is 54.7 Å². The molecule has 0 saturated carbocycles. The van der Waals surface area contributed by atoms with Crippen LogP contribution < -0.4 is 20.1 Å². The number of aromatic nitrogens is 2. The Morgan fingerprint density at radius 1 is 0.950 bits per heavy atom. The molecule has 0 atom stereocenters. The number of morpholine rings is 1. The molecular formula is C29H31F2N5O4. The summed E-state index contributed by atoms with van der Waals surface area (Å²) in [4.78, 5) is 23.6. The minimum absolute atomic E-state index is 0.00361. The number of fused-ring (bicyclic) bond motifs is 7. The van der Waals surface area contributed by atoms with Crippen molar-refractivity contribution >= 4 is 17.5 Å². The maximum Gasteiger partial charge on any atom is 0.255 e. The molecule has 0 spiro atoms. The van der Waals surface area contributed by atoms with E-state index >= 15 is 0 Å². The summed E-state index contributed by atoms with van der Waals surface area (Å²) in [6.45, 7) is 4.91.